The van der Waals surface area contributed by atoms with Crippen molar-refractivity contribution >= 4 is 5.69 Å². The van der Waals surface area contributed by atoms with E-state index >= 15 is 0 Å². The second-order valence-electron chi connectivity index (χ2n) is 5.28. The molecule has 104 valence electrons. The van der Waals surface area contributed by atoms with Gasteiger partial charge < -0.3 is 15.8 Å². The van der Waals surface area contributed by atoms with Gasteiger partial charge in [0.15, 0.2) is 0 Å². The zero-order chi connectivity index (χ0) is 13.9. The average Bonchev–Trinajstić information content (AvgIpc) is 2.88. The van der Waals surface area contributed by atoms with Gasteiger partial charge in [0.25, 0.3) is 0 Å². The molecule has 1 unspecified atom stereocenters. The lowest BCUT2D eigenvalue weighted by Gasteiger charge is -2.14. The average molecular weight is 268 g/mol. The zero-order valence-corrected chi connectivity index (χ0v) is 11.7. The molecule has 1 atom stereocenters. The first-order valence-corrected chi connectivity index (χ1v) is 7.01. The van der Waals surface area contributed by atoms with Crippen LogP contribution in [-0.2, 0) is 13.0 Å². The van der Waals surface area contributed by atoms with Gasteiger partial charge in [-0.15, -0.1) is 0 Å². The van der Waals surface area contributed by atoms with Gasteiger partial charge in [0.2, 0.25) is 0 Å². The number of hydrogen-bond donors (Lipinski definition) is 2. The molecule has 0 aromatic heterocycles. The van der Waals surface area contributed by atoms with Crippen molar-refractivity contribution < 1.29 is 4.74 Å². The van der Waals surface area contributed by atoms with Crippen LogP contribution in [-0.4, -0.2) is 7.11 Å². The van der Waals surface area contributed by atoms with Crippen molar-refractivity contribution in [1.29, 1.82) is 0 Å². The molecular formula is C17H20N2O. The molecule has 0 heterocycles. The van der Waals surface area contributed by atoms with E-state index in [0.29, 0.717) is 6.04 Å². The summed E-state index contributed by atoms with van der Waals surface area (Å²) in [5.41, 5.74) is 10.8. The number of rotatable bonds is 4. The summed E-state index contributed by atoms with van der Waals surface area (Å²) in [6.07, 6.45) is 2.26. The predicted molar refractivity (Wildman–Crippen MR) is 81.8 cm³/mol. The molecule has 0 radical (unpaired) electrons. The maximum Gasteiger partial charge on any atom is 0.118 e. The SMILES string of the molecule is COc1ccc(CNC2CCc3cc(N)ccc32)cc1. The van der Waals surface area contributed by atoms with Gasteiger partial charge in [-0.25, -0.2) is 0 Å². The molecule has 0 saturated carbocycles. The minimum atomic E-state index is 0.438. The fourth-order valence-corrected chi connectivity index (χ4v) is 2.83. The van der Waals surface area contributed by atoms with Crippen LogP contribution >= 0.6 is 0 Å². The summed E-state index contributed by atoms with van der Waals surface area (Å²) in [7, 11) is 1.69. The maximum absolute atomic E-state index is 5.84. The highest BCUT2D eigenvalue weighted by molar-refractivity contribution is 5.47. The third-order valence-corrected chi connectivity index (χ3v) is 3.96. The number of nitrogens with one attached hydrogen (secondary N) is 1. The van der Waals surface area contributed by atoms with E-state index in [1.807, 2.05) is 18.2 Å². The summed E-state index contributed by atoms with van der Waals surface area (Å²) >= 11 is 0. The molecule has 3 heteroatoms. The highest BCUT2D eigenvalue weighted by Gasteiger charge is 2.21. The van der Waals surface area contributed by atoms with E-state index in [0.717, 1.165) is 30.8 Å². The number of nitrogen functional groups attached to an aromatic ring is 1. The first kappa shape index (κ1) is 13.0. The monoisotopic (exact) mass is 268 g/mol. The topological polar surface area (TPSA) is 47.3 Å². The predicted octanol–water partition coefficient (Wildman–Crippen LogP) is 3.05. The van der Waals surface area contributed by atoms with Crippen LogP contribution in [0.25, 0.3) is 0 Å². The van der Waals surface area contributed by atoms with Crippen LogP contribution in [0.4, 0.5) is 5.69 Å². The number of ether oxygens (including phenoxy) is 1. The van der Waals surface area contributed by atoms with Crippen molar-refractivity contribution in [2.45, 2.75) is 25.4 Å². The van der Waals surface area contributed by atoms with Crippen molar-refractivity contribution in [1.82, 2.24) is 5.32 Å². The van der Waals surface area contributed by atoms with Crippen LogP contribution in [0.1, 0.15) is 29.2 Å². The third kappa shape index (κ3) is 2.63. The van der Waals surface area contributed by atoms with Crippen LogP contribution in [0.5, 0.6) is 5.75 Å². The van der Waals surface area contributed by atoms with E-state index in [-0.39, 0.29) is 0 Å². The second kappa shape index (κ2) is 5.55. The Kier molecular flexibility index (Phi) is 3.61. The highest BCUT2D eigenvalue weighted by atomic mass is 16.5. The Morgan fingerprint density at radius 1 is 1.20 bits per heavy atom. The van der Waals surface area contributed by atoms with E-state index in [9.17, 15) is 0 Å². The molecular weight excluding hydrogens is 248 g/mol. The lowest BCUT2D eigenvalue weighted by atomic mass is 10.1. The van der Waals surface area contributed by atoms with Crippen molar-refractivity contribution in [2.75, 3.05) is 12.8 Å². The van der Waals surface area contributed by atoms with E-state index in [1.54, 1.807) is 7.11 Å². The van der Waals surface area contributed by atoms with Gasteiger partial charge in [-0.2, -0.15) is 0 Å². The van der Waals surface area contributed by atoms with E-state index < -0.39 is 0 Å². The summed E-state index contributed by atoms with van der Waals surface area (Å²) in [6, 6.07) is 14.9. The molecule has 3 N–H and O–H groups in total. The normalized spacial score (nSPS) is 16.9. The van der Waals surface area contributed by atoms with Gasteiger partial charge in [0.1, 0.15) is 5.75 Å². The van der Waals surface area contributed by atoms with Crippen molar-refractivity contribution in [2.24, 2.45) is 0 Å². The molecule has 1 aliphatic carbocycles. The molecule has 3 rings (SSSR count). The lowest BCUT2D eigenvalue weighted by Crippen LogP contribution is -2.18. The van der Waals surface area contributed by atoms with Crippen LogP contribution < -0.4 is 15.8 Å². The summed E-state index contributed by atoms with van der Waals surface area (Å²) in [5.74, 6) is 0.899. The van der Waals surface area contributed by atoms with Gasteiger partial charge in [0, 0.05) is 18.3 Å². The number of fused-ring (bicyclic) bond motifs is 1. The van der Waals surface area contributed by atoms with E-state index in [4.69, 9.17) is 10.5 Å². The van der Waals surface area contributed by atoms with Gasteiger partial charge in [0.05, 0.1) is 7.11 Å². The largest absolute Gasteiger partial charge is 0.497 e. The first-order valence-electron chi connectivity index (χ1n) is 7.01. The maximum atomic E-state index is 5.84. The number of benzene rings is 2. The van der Waals surface area contributed by atoms with E-state index in [1.165, 1.54) is 16.7 Å². The zero-order valence-electron chi connectivity index (χ0n) is 11.7. The number of aryl methyl sites for hydroxylation is 1. The molecule has 3 nitrogen and oxygen atoms in total. The van der Waals surface area contributed by atoms with Crippen molar-refractivity contribution in [3.63, 3.8) is 0 Å². The molecule has 20 heavy (non-hydrogen) atoms. The number of nitrogens with two attached hydrogens (primary N) is 1. The Labute approximate surface area is 119 Å². The van der Waals surface area contributed by atoms with Crippen LogP contribution in [0.15, 0.2) is 42.5 Å². The summed E-state index contributed by atoms with van der Waals surface area (Å²) in [4.78, 5) is 0. The number of methoxy groups -OCH3 is 1. The van der Waals surface area contributed by atoms with Crippen molar-refractivity contribution in [3.8, 4) is 5.75 Å². The standard InChI is InChI=1S/C17H20N2O/c1-20-15-6-2-12(3-7-15)11-19-17-9-4-13-10-14(18)5-8-16(13)17/h2-3,5-8,10,17,19H,4,9,11,18H2,1H3. The Balaban J connectivity index is 1.65. The van der Waals surface area contributed by atoms with Crippen LogP contribution in [0.2, 0.25) is 0 Å². The summed E-state index contributed by atoms with van der Waals surface area (Å²) < 4.78 is 5.17. The van der Waals surface area contributed by atoms with Gasteiger partial charge in [-0.3, -0.25) is 0 Å². The molecule has 2 aromatic rings. The number of hydrogen-bond acceptors (Lipinski definition) is 3. The highest BCUT2D eigenvalue weighted by Crippen LogP contribution is 2.32. The molecule has 0 saturated heterocycles. The van der Waals surface area contributed by atoms with Crippen LogP contribution in [0, 0.1) is 0 Å². The third-order valence-electron chi connectivity index (χ3n) is 3.96. The minimum absolute atomic E-state index is 0.438. The summed E-state index contributed by atoms with van der Waals surface area (Å²) in [6.45, 7) is 0.873. The fraction of sp³-hybridized carbons (Fsp3) is 0.294. The molecule has 1 aliphatic rings. The fourth-order valence-electron chi connectivity index (χ4n) is 2.83. The molecule has 2 aromatic carbocycles. The molecule has 0 amide bonds. The Bertz CT molecular complexity index is 592. The van der Waals surface area contributed by atoms with Gasteiger partial charge in [-0.05, 0) is 53.8 Å². The van der Waals surface area contributed by atoms with Crippen LogP contribution in [0.3, 0.4) is 0 Å². The Hall–Kier alpha value is -2.00. The van der Waals surface area contributed by atoms with Gasteiger partial charge >= 0.3 is 0 Å². The Morgan fingerprint density at radius 2 is 2.00 bits per heavy atom. The number of anilines is 1. The molecule has 0 bridgehead atoms. The molecule has 0 aliphatic heterocycles. The van der Waals surface area contributed by atoms with Gasteiger partial charge in [-0.1, -0.05) is 18.2 Å². The second-order valence-corrected chi connectivity index (χ2v) is 5.28. The molecule has 0 spiro atoms. The molecule has 0 fully saturated rings. The quantitative estimate of drug-likeness (QED) is 0.838. The smallest absolute Gasteiger partial charge is 0.118 e. The summed E-state index contributed by atoms with van der Waals surface area (Å²) in [5, 5.41) is 3.63. The Morgan fingerprint density at radius 3 is 2.75 bits per heavy atom. The lowest BCUT2D eigenvalue weighted by molar-refractivity contribution is 0.414. The van der Waals surface area contributed by atoms with Crippen molar-refractivity contribution in [3.05, 3.63) is 59.2 Å². The van der Waals surface area contributed by atoms with E-state index in [2.05, 4.69) is 29.6 Å². The minimum Gasteiger partial charge on any atom is -0.497 e. The first-order chi connectivity index (χ1) is 9.76.